The van der Waals surface area contributed by atoms with Gasteiger partial charge in [-0.25, -0.2) is 9.69 Å². The van der Waals surface area contributed by atoms with Gasteiger partial charge < -0.3 is 9.64 Å². The van der Waals surface area contributed by atoms with E-state index < -0.39 is 24.0 Å². The van der Waals surface area contributed by atoms with Gasteiger partial charge in [0.15, 0.2) is 0 Å². The van der Waals surface area contributed by atoms with Crippen molar-refractivity contribution in [1.82, 2.24) is 4.90 Å². The Morgan fingerprint density at radius 3 is 2.48 bits per heavy atom. The van der Waals surface area contributed by atoms with Gasteiger partial charge in [0.25, 0.3) is 0 Å². The molecule has 1 aromatic carbocycles. The van der Waals surface area contributed by atoms with Crippen LogP contribution in [-0.2, 0) is 14.3 Å². The van der Waals surface area contributed by atoms with Crippen LogP contribution in [0.1, 0.15) is 12.5 Å². The summed E-state index contributed by atoms with van der Waals surface area (Å²) < 4.78 is 5.11. The van der Waals surface area contributed by atoms with Crippen molar-refractivity contribution in [2.24, 2.45) is 17.8 Å². The highest BCUT2D eigenvalue weighted by Crippen LogP contribution is 2.46. The molecule has 130 valence electrons. The summed E-state index contributed by atoms with van der Waals surface area (Å²) in [6, 6.07) is 6.94. The number of imide groups is 1. The van der Waals surface area contributed by atoms with Crippen molar-refractivity contribution < 1.29 is 19.1 Å². The number of aryl methyl sites for hydroxylation is 1. The van der Waals surface area contributed by atoms with Crippen LogP contribution >= 0.6 is 0 Å². The predicted octanol–water partition coefficient (Wildman–Crippen LogP) is 2.13. The topological polar surface area (TPSA) is 66.9 Å². The fourth-order valence-electron chi connectivity index (χ4n) is 4.19. The van der Waals surface area contributed by atoms with Gasteiger partial charge in [0, 0.05) is 12.5 Å². The van der Waals surface area contributed by atoms with E-state index in [2.05, 4.69) is 0 Å². The third-order valence-corrected chi connectivity index (χ3v) is 5.34. The summed E-state index contributed by atoms with van der Waals surface area (Å²) >= 11 is 0. The molecular weight excluding hydrogens is 320 g/mol. The molecule has 2 bridgehead atoms. The van der Waals surface area contributed by atoms with Crippen LogP contribution in [0.25, 0.3) is 0 Å². The number of ether oxygens (including phenoxy) is 1. The van der Waals surface area contributed by atoms with Crippen molar-refractivity contribution in [3.63, 3.8) is 0 Å². The molecule has 1 aromatic rings. The van der Waals surface area contributed by atoms with E-state index in [-0.39, 0.29) is 24.3 Å². The fraction of sp³-hybridized carbons (Fsp3) is 0.421. The fourth-order valence-corrected chi connectivity index (χ4v) is 4.19. The molecule has 4 aliphatic rings. The average molecular weight is 340 g/mol. The molecule has 1 aliphatic carbocycles. The van der Waals surface area contributed by atoms with Crippen LogP contribution in [0.3, 0.4) is 0 Å². The molecule has 3 heterocycles. The van der Waals surface area contributed by atoms with Crippen molar-refractivity contribution in [1.29, 1.82) is 0 Å². The molecule has 0 N–H and O–H groups in total. The maximum Gasteiger partial charge on any atom is 0.410 e. The molecule has 25 heavy (non-hydrogen) atoms. The van der Waals surface area contributed by atoms with Gasteiger partial charge in [-0.1, -0.05) is 29.8 Å². The van der Waals surface area contributed by atoms with E-state index >= 15 is 0 Å². The summed E-state index contributed by atoms with van der Waals surface area (Å²) in [5.74, 6) is -1.46. The lowest BCUT2D eigenvalue weighted by Gasteiger charge is -2.45. The SMILES string of the molecule is CCOC(=O)N1CC2C=CC1C1C(=O)N(c3ccc(C)cc3)C(=O)C21. The third kappa shape index (κ3) is 2.27. The first-order valence-electron chi connectivity index (χ1n) is 8.59. The minimum absolute atomic E-state index is 0.147. The molecule has 4 atom stereocenters. The maximum atomic E-state index is 13.0. The van der Waals surface area contributed by atoms with Crippen molar-refractivity contribution >= 4 is 23.6 Å². The third-order valence-electron chi connectivity index (χ3n) is 5.34. The Kier molecular flexibility index (Phi) is 3.63. The Labute approximate surface area is 146 Å². The molecule has 2 saturated heterocycles. The number of rotatable bonds is 2. The van der Waals surface area contributed by atoms with Crippen molar-refractivity contribution in [3.8, 4) is 0 Å². The Hall–Kier alpha value is -2.63. The van der Waals surface area contributed by atoms with Crippen molar-refractivity contribution in [3.05, 3.63) is 42.0 Å². The second-order valence-corrected chi connectivity index (χ2v) is 6.79. The first-order valence-corrected chi connectivity index (χ1v) is 8.59. The number of carbonyl (C=O) groups is 3. The van der Waals surface area contributed by atoms with E-state index in [1.807, 2.05) is 31.2 Å². The normalized spacial score (nSPS) is 30.0. The first-order chi connectivity index (χ1) is 12.0. The number of hydrogen-bond acceptors (Lipinski definition) is 4. The Balaban J connectivity index is 1.68. The number of hydrogen-bond donors (Lipinski definition) is 0. The van der Waals surface area contributed by atoms with Crippen molar-refractivity contribution in [2.75, 3.05) is 18.1 Å². The number of fused-ring (bicyclic) bond motifs is 1. The van der Waals surface area contributed by atoms with Crippen LogP contribution in [0.4, 0.5) is 10.5 Å². The van der Waals surface area contributed by atoms with Gasteiger partial charge >= 0.3 is 6.09 Å². The molecule has 2 fully saturated rings. The zero-order valence-corrected chi connectivity index (χ0v) is 14.2. The summed E-state index contributed by atoms with van der Waals surface area (Å²) in [5.41, 5.74) is 1.66. The van der Waals surface area contributed by atoms with Gasteiger partial charge in [-0.15, -0.1) is 0 Å². The van der Waals surface area contributed by atoms with E-state index in [1.165, 1.54) is 4.90 Å². The molecule has 6 nitrogen and oxygen atoms in total. The molecule has 4 unspecified atom stereocenters. The molecule has 0 radical (unpaired) electrons. The number of benzene rings is 1. The van der Waals surface area contributed by atoms with Gasteiger partial charge in [-0.05, 0) is 26.0 Å². The minimum Gasteiger partial charge on any atom is -0.450 e. The van der Waals surface area contributed by atoms with Crippen LogP contribution in [0.2, 0.25) is 0 Å². The zero-order valence-electron chi connectivity index (χ0n) is 14.2. The summed E-state index contributed by atoms with van der Waals surface area (Å²) in [5, 5.41) is 0. The standard InChI is InChI=1S/C19H20N2O4/c1-3-25-19(24)20-10-12-6-9-14(20)16-15(12)17(22)21(18(16)23)13-7-4-11(2)5-8-13/h4-9,12,14-16H,3,10H2,1-2H3. The zero-order chi connectivity index (χ0) is 17.7. The minimum atomic E-state index is -0.526. The number of nitrogens with zero attached hydrogens (tertiary/aromatic N) is 2. The molecule has 3 aliphatic heterocycles. The Morgan fingerprint density at radius 2 is 1.80 bits per heavy atom. The molecule has 6 heteroatoms. The summed E-state index contributed by atoms with van der Waals surface area (Å²) in [6.07, 6.45) is 3.41. The molecule has 0 aromatic heterocycles. The highest BCUT2D eigenvalue weighted by atomic mass is 16.6. The molecule has 5 rings (SSSR count). The van der Waals surface area contributed by atoms with Gasteiger partial charge in [-0.2, -0.15) is 0 Å². The monoisotopic (exact) mass is 340 g/mol. The highest BCUT2D eigenvalue weighted by molar-refractivity contribution is 6.22. The second-order valence-electron chi connectivity index (χ2n) is 6.79. The van der Waals surface area contributed by atoms with Crippen LogP contribution < -0.4 is 4.90 Å². The second kappa shape index (κ2) is 5.72. The van der Waals surface area contributed by atoms with E-state index in [0.717, 1.165) is 5.56 Å². The van der Waals surface area contributed by atoms with Crippen LogP contribution in [0.5, 0.6) is 0 Å². The predicted molar refractivity (Wildman–Crippen MR) is 90.8 cm³/mol. The Bertz CT molecular complexity index is 770. The summed E-state index contributed by atoms with van der Waals surface area (Å²) in [4.78, 5) is 41.1. The number of carbonyl (C=O) groups excluding carboxylic acids is 3. The maximum absolute atomic E-state index is 13.0. The van der Waals surface area contributed by atoms with E-state index in [1.54, 1.807) is 24.0 Å². The summed E-state index contributed by atoms with van der Waals surface area (Å²) in [7, 11) is 0. The smallest absolute Gasteiger partial charge is 0.410 e. The van der Waals surface area contributed by atoms with Crippen LogP contribution in [-0.4, -0.2) is 42.0 Å². The lowest BCUT2D eigenvalue weighted by molar-refractivity contribution is -0.126. The lowest BCUT2D eigenvalue weighted by Crippen LogP contribution is -2.58. The molecule has 0 saturated carbocycles. The quantitative estimate of drug-likeness (QED) is 0.611. The van der Waals surface area contributed by atoms with Gasteiger partial charge in [0.2, 0.25) is 11.8 Å². The van der Waals surface area contributed by atoms with Crippen LogP contribution in [0.15, 0.2) is 36.4 Å². The van der Waals surface area contributed by atoms with Gasteiger partial charge in [-0.3, -0.25) is 9.59 Å². The molecule has 0 spiro atoms. The first kappa shape index (κ1) is 15.9. The van der Waals surface area contributed by atoms with Crippen LogP contribution in [0, 0.1) is 24.7 Å². The molecular formula is C19H20N2O4. The summed E-state index contributed by atoms with van der Waals surface area (Å²) in [6.45, 7) is 4.41. The van der Waals surface area contributed by atoms with E-state index in [9.17, 15) is 14.4 Å². The van der Waals surface area contributed by atoms with E-state index in [4.69, 9.17) is 4.74 Å². The largest absolute Gasteiger partial charge is 0.450 e. The average Bonchev–Trinajstić information content (AvgIpc) is 2.89. The van der Waals surface area contributed by atoms with E-state index in [0.29, 0.717) is 12.2 Å². The van der Waals surface area contributed by atoms with Gasteiger partial charge in [0.1, 0.15) is 0 Å². The van der Waals surface area contributed by atoms with Gasteiger partial charge in [0.05, 0.1) is 30.2 Å². The van der Waals surface area contributed by atoms with Crippen molar-refractivity contribution in [2.45, 2.75) is 19.9 Å². The highest BCUT2D eigenvalue weighted by Gasteiger charge is 2.60. The number of piperidine rings is 1. The lowest BCUT2D eigenvalue weighted by atomic mass is 9.70. The number of amides is 3. The Morgan fingerprint density at radius 1 is 1.12 bits per heavy atom. The number of anilines is 1. The molecule has 3 amide bonds.